The number of para-hydroxylation sites is 1. The molecule has 0 atom stereocenters. The van der Waals surface area contributed by atoms with Crippen molar-refractivity contribution in [3.63, 3.8) is 0 Å². The minimum absolute atomic E-state index is 0.0369. The number of hydrogen-bond acceptors (Lipinski definition) is 5. The van der Waals surface area contributed by atoms with Crippen LogP contribution in [0.15, 0.2) is 41.8 Å². The Labute approximate surface area is 163 Å². The summed E-state index contributed by atoms with van der Waals surface area (Å²) in [5.41, 5.74) is -0.383. The van der Waals surface area contributed by atoms with Crippen LogP contribution in [0.4, 0.5) is 28.4 Å². The summed E-state index contributed by atoms with van der Waals surface area (Å²) >= 11 is 0.724. The van der Waals surface area contributed by atoms with Crippen molar-refractivity contribution in [3.8, 4) is 11.6 Å². The highest BCUT2D eigenvalue weighted by Gasteiger charge is 2.33. The largest absolute Gasteiger partial charge is 0.439 e. The van der Waals surface area contributed by atoms with Gasteiger partial charge in [-0.25, -0.2) is 4.98 Å². The molecule has 1 N–H and O–H groups in total. The van der Waals surface area contributed by atoms with Crippen LogP contribution in [0.2, 0.25) is 0 Å². The summed E-state index contributed by atoms with van der Waals surface area (Å²) in [5.74, 6) is -0.318. The van der Waals surface area contributed by atoms with Gasteiger partial charge in [-0.15, -0.1) is 11.3 Å². The first-order valence-electron chi connectivity index (χ1n) is 8.28. The van der Waals surface area contributed by atoms with Crippen molar-refractivity contribution in [2.75, 3.05) is 5.32 Å². The summed E-state index contributed by atoms with van der Waals surface area (Å²) in [5, 5.41) is 3.28. The average molecular weight is 411 g/mol. The third kappa shape index (κ3) is 4.59. The van der Waals surface area contributed by atoms with Crippen molar-refractivity contribution in [1.82, 2.24) is 9.97 Å². The number of rotatable bonds is 4. The molecule has 0 saturated heterocycles. The lowest BCUT2D eigenvalue weighted by atomic mass is 9.86. The predicted octanol–water partition coefficient (Wildman–Crippen LogP) is 6.53. The fourth-order valence-electron chi connectivity index (χ4n) is 2.43. The summed E-state index contributed by atoms with van der Waals surface area (Å²) in [6.45, 7) is 6.08. The highest BCUT2D eigenvalue weighted by atomic mass is 32.1. The first-order chi connectivity index (χ1) is 13.0. The Morgan fingerprint density at radius 2 is 1.71 bits per heavy atom. The Balaban J connectivity index is 1.79. The molecule has 0 aliphatic rings. The number of benzene rings is 1. The Bertz CT molecular complexity index is 980. The molecule has 2 aromatic heterocycles. The molecular weight excluding hydrogens is 394 g/mol. The second kappa shape index (κ2) is 7.38. The van der Waals surface area contributed by atoms with Gasteiger partial charge in [0.25, 0.3) is 0 Å². The number of aromatic nitrogens is 2. The molecule has 0 aliphatic carbocycles. The monoisotopic (exact) mass is 411 g/mol. The molecule has 3 aromatic rings. The maximum atomic E-state index is 14.3. The van der Waals surface area contributed by atoms with Crippen LogP contribution < -0.4 is 10.1 Å². The van der Waals surface area contributed by atoms with Crippen LogP contribution in [0.5, 0.6) is 11.6 Å². The zero-order valence-electron chi connectivity index (χ0n) is 15.3. The zero-order valence-corrected chi connectivity index (χ0v) is 16.1. The molecule has 1 aromatic carbocycles. The second-order valence-electron chi connectivity index (χ2n) is 7.00. The smallest absolute Gasteiger partial charge is 0.434 e. The number of hydrogen-bond donors (Lipinski definition) is 1. The highest BCUT2D eigenvalue weighted by molar-refractivity contribution is 7.13. The van der Waals surface area contributed by atoms with Gasteiger partial charge in [-0.3, -0.25) is 0 Å². The van der Waals surface area contributed by atoms with Gasteiger partial charge in [0.15, 0.2) is 10.8 Å². The molecule has 0 saturated carbocycles. The maximum absolute atomic E-state index is 14.3. The van der Waals surface area contributed by atoms with Crippen molar-refractivity contribution in [1.29, 1.82) is 0 Å². The summed E-state index contributed by atoms with van der Waals surface area (Å²) in [7, 11) is 0. The molecule has 0 unspecified atom stereocenters. The van der Waals surface area contributed by atoms with Gasteiger partial charge in [-0.1, -0.05) is 39.0 Å². The topological polar surface area (TPSA) is 47.0 Å². The molecule has 9 heteroatoms. The average Bonchev–Trinajstić information content (AvgIpc) is 3.06. The van der Waals surface area contributed by atoms with Crippen LogP contribution in [-0.4, -0.2) is 9.97 Å². The molecule has 3 rings (SSSR count). The number of nitrogens with one attached hydrogen (secondary N) is 1. The van der Waals surface area contributed by atoms with Gasteiger partial charge >= 0.3 is 6.18 Å². The molecule has 148 valence electrons. The number of anilines is 2. The quantitative estimate of drug-likeness (QED) is 0.392. The van der Waals surface area contributed by atoms with E-state index in [1.807, 2.05) is 32.9 Å². The van der Waals surface area contributed by atoms with E-state index in [4.69, 9.17) is 4.74 Å². The van der Waals surface area contributed by atoms with Gasteiger partial charge in [0, 0.05) is 17.0 Å². The summed E-state index contributed by atoms with van der Waals surface area (Å²) in [6, 6.07) is 10.1. The van der Waals surface area contributed by atoms with Crippen molar-refractivity contribution in [2.24, 2.45) is 0 Å². The van der Waals surface area contributed by atoms with Crippen LogP contribution in [-0.2, 0) is 11.6 Å². The molecule has 4 nitrogen and oxygen atoms in total. The summed E-state index contributed by atoms with van der Waals surface area (Å²) in [6.07, 6.45) is -4.55. The third-order valence-electron chi connectivity index (χ3n) is 3.77. The maximum Gasteiger partial charge on any atom is 0.434 e. The predicted molar refractivity (Wildman–Crippen MR) is 99.8 cm³/mol. The zero-order chi connectivity index (χ0) is 20.5. The van der Waals surface area contributed by atoms with Crippen LogP contribution in [0.25, 0.3) is 0 Å². The first-order valence-corrected chi connectivity index (χ1v) is 9.15. The van der Waals surface area contributed by atoms with Crippen molar-refractivity contribution >= 4 is 22.2 Å². The standard InChI is InChI=1S/C19H17F4N3OS/c1-18(2,3)11-6-4-5-7-13(11)27-15-9-8-12(16(20)26-15)24-17-25-14(10-28-17)19(21,22)23/h4-10H,1-3H3,(H,24,25). The van der Waals surface area contributed by atoms with E-state index in [9.17, 15) is 17.6 Å². The molecule has 0 fully saturated rings. The summed E-state index contributed by atoms with van der Waals surface area (Å²) < 4.78 is 57.9. The number of alkyl halides is 3. The molecule has 0 spiro atoms. The number of pyridine rings is 1. The molecule has 0 radical (unpaired) electrons. The number of thiazole rings is 1. The van der Waals surface area contributed by atoms with Gasteiger partial charge in [-0.2, -0.15) is 22.5 Å². The van der Waals surface area contributed by atoms with Crippen molar-refractivity contribution in [2.45, 2.75) is 32.4 Å². The van der Waals surface area contributed by atoms with Crippen LogP contribution >= 0.6 is 11.3 Å². The minimum atomic E-state index is -4.55. The van der Waals surface area contributed by atoms with Crippen molar-refractivity contribution in [3.05, 3.63) is 59.0 Å². The Hall–Kier alpha value is -2.68. The van der Waals surface area contributed by atoms with Gasteiger partial charge in [0.2, 0.25) is 11.8 Å². The SMILES string of the molecule is CC(C)(C)c1ccccc1Oc1ccc(Nc2nc(C(F)(F)F)cs2)c(F)n1. The molecule has 0 aliphatic heterocycles. The van der Waals surface area contributed by atoms with E-state index >= 15 is 0 Å². The van der Waals surface area contributed by atoms with E-state index < -0.39 is 17.8 Å². The van der Waals surface area contributed by atoms with Gasteiger partial charge in [0.05, 0.1) is 5.69 Å². The van der Waals surface area contributed by atoms with E-state index in [1.54, 1.807) is 12.1 Å². The van der Waals surface area contributed by atoms with Crippen LogP contribution in [0.3, 0.4) is 0 Å². The second-order valence-corrected chi connectivity index (χ2v) is 7.85. The lowest BCUT2D eigenvalue weighted by molar-refractivity contribution is -0.140. The van der Waals surface area contributed by atoms with Gasteiger partial charge in [-0.05, 0) is 17.5 Å². The lowest BCUT2D eigenvalue weighted by Gasteiger charge is -2.22. The van der Waals surface area contributed by atoms with E-state index in [1.165, 1.54) is 12.1 Å². The van der Waals surface area contributed by atoms with E-state index in [0.29, 0.717) is 5.75 Å². The first kappa shape index (κ1) is 20.1. The van der Waals surface area contributed by atoms with E-state index in [-0.39, 0.29) is 22.1 Å². The minimum Gasteiger partial charge on any atom is -0.439 e. The molecule has 0 bridgehead atoms. The highest BCUT2D eigenvalue weighted by Crippen LogP contribution is 2.35. The molecular formula is C19H17F4N3OS. The fourth-order valence-corrected chi connectivity index (χ4v) is 3.16. The normalized spacial score (nSPS) is 12.1. The van der Waals surface area contributed by atoms with Crippen LogP contribution in [0, 0.1) is 5.95 Å². The van der Waals surface area contributed by atoms with Gasteiger partial charge in [0.1, 0.15) is 5.75 Å². The number of ether oxygens (including phenoxy) is 1. The Morgan fingerprint density at radius 1 is 1.00 bits per heavy atom. The lowest BCUT2D eigenvalue weighted by Crippen LogP contribution is -2.12. The Morgan fingerprint density at radius 3 is 2.32 bits per heavy atom. The number of halogens is 4. The molecule has 0 amide bonds. The number of nitrogens with zero attached hydrogens (tertiary/aromatic N) is 2. The molecule has 28 heavy (non-hydrogen) atoms. The van der Waals surface area contributed by atoms with E-state index in [2.05, 4.69) is 15.3 Å². The van der Waals surface area contributed by atoms with Crippen LogP contribution in [0.1, 0.15) is 32.0 Å². The summed E-state index contributed by atoms with van der Waals surface area (Å²) in [4.78, 5) is 7.15. The van der Waals surface area contributed by atoms with E-state index in [0.717, 1.165) is 22.3 Å². The Kier molecular flexibility index (Phi) is 5.29. The van der Waals surface area contributed by atoms with Gasteiger partial charge < -0.3 is 10.1 Å². The fraction of sp³-hybridized carbons (Fsp3) is 0.263. The van der Waals surface area contributed by atoms with Crippen molar-refractivity contribution < 1.29 is 22.3 Å². The third-order valence-corrected chi connectivity index (χ3v) is 4.53. The molecule has 2 heterocycles.